The Morgan fingerprint density at radius 2 is 0.846 bits per heavy atom. The molecule has 4 saturated carbocycles. The Morgan fingerprint density at radius 1 is 0.538 bits per heavy atom. The molecular weight excluding hydrogens is 386 g/mol. The van der Waals surface area contributed by atoms with Crippen molar-refractivity contribution in [1.29, 1.82) is 0 Å². The summed E-state index contributed by atoms with van der Waals surface area (Å²) < 4.78 is 0. The molecule has 0 aromatic carbocycles. The lowest BCUT2D eigenvalue weighted by molar-refractivity contribution is -0.191. The normalized spacial score (nSPS) is 46.2. The van der Waals surface area contributed by atoms with Crippen LogP contribution >= 0.6 is 48.0 Å². The van der Waals surface area contributed by atoms with Crippen LogP contribution in [0.5, 0.6) is 0 Å². The molecule has 4 aliphatic rings. The minimum absolute atomic E-state index is 0. The van der Waals surface area contributed by atoms with Crippen LogP contribution in [0, 0.1) is 23.7 Å². The zero-order valence-corrected chi connectivity index (χ0v) is 12.7. The molecule has 0 aromatic rings. The summed E-state index contributed by atoms with van der Waals surface area (Å²) in [7, 11) is 0. The van der Waals surface area contributed by atoms with E-state index in [9.17, 15) is 0 Å². The van der Waals surface area contributed by atoms with E-state index in [4.69, 9.17) is 0 Å². The van der Waals surface area contributed by atoms with Crippen molar-refractivity contribution in [2.45, 2.75) is 44.9 Å². The Morgan fingerprint density at radius 3 is 0.846 bits per heavy atom. The largest absolute Gasteiger partial charge is 0.107 e. The summed E-state index contributed by atoms with van der Waals surface area (Å²) in [6, 6.07) is 0. The lowest BCUT2D eigenvalue weighted by Crippen LogP contribution is -2.60. The summed E-state index contributed by atoms with van der Waals surface area (Å²) in [5.74, 6) is 5.00. The zero-order valence-electron chi connectivity index (χ0n) is 8.08. The van der Waals surface area contributed by atoms with E-state index >= 15 is 0 Å². The van der Waals surface area contributed by atoms with Gasteiger partial charge in [-0.15, -0.1) is 48.0 Å². The first-order valence-corrected chi connectivity index (χ1v) is 5.45. The van der Waals surface area contributed by atoms with Crippen LogP contribution in [0.4, 0.5) is 0 Å². The highest BCUT2D eigenvalue weighted by Gasteiger charge is 2.61. The Bertz CT molecular complexity index is 132. The average molecular weight is 406 g/mol. The second-order valence-corrected chi connectivity index (χ2v) is 4.98. The number of hydrogen-bond donors (Lipinski definition) is 0. The Kier molecular flexibility index (Phi) is 4.81. The highest BCUT2D eigenvalue weighted by molar-refractivity contribution is 14.0. The van der Waals surface area contributed by atoms with Gasteiger partial charge in [0, 0.05) is 0 Å². The Hall–Kier alpha value is 1.46. The second-order valence-electron chi connectivity index (χ2n) is 4.98. The molecule has 0 bridgehead atoms. The van der Waals surface area contributed by atoms with Gasteiger partial charge in [-0.2, -0.15) is 0 Å². The molecule has 4 rings (SSSR count). The van der Waals surface area contributed by atoms with Crippen molar-refractivity contribution in [3.05, 3.63) is 0 Å². The number of hydrogen-bond acceptors (Lipinski definition) is 0. The molecule has 0 unspecified atom stereocenters. The van der Waals surface area contributed by atoms with E-state index < -0.39 is 0 Å². The highest BCUT2D eigenvalue weighted by atomic mass is 127. The van der Waals surface area contributed by atoms with Crippen LogP contribution in [-0.4, -0.2) is 0 Å². The minimum atomic E-state index is 0. The molecular formula is C11H20I2. The van der Waals surface area contributed by atoms with E-state index in [0.717, 1.165) is 0 Å². The molecule has 0 aromatic heterocycles. The van der Waals surface area contributed by atoms with Crippen LogP contribution in [0.25, 0.3) is 0 Å². The summed E-state index contributed by atoms with van der Waals surface area (Å²) >= 11 is 0. The molecule has 4 fully saturated rings. The monoisotopic (exact) mass is 406 g/mol. The predicted molar refractivity (Wildman–Crippen MR) is 77.1 cm³/mol. The highest BCUT2D eigenvalue weighted by Crippen LogP contribution is 2.69. The molecule has 0 spiro atoms. The van der Waals surface area contributed by atoms with Crippen molar-refractivity contribution in [3.63, 3.8) is 0 Å². The summed E-state index contributed by atoms with van der Waals surface area (Å²) in [6.07, 6.45) is 10.8. The fraction of sp³-hybridized carbons (Fsp3) is 1.00. The fourth-order valence-electron chi connectivity index (χ4n) is 3.22. The van der Waals surface area contributed by atoms with E-state index in [0.29, 0.717) is 0 Å². The van der Waals surface area contributed by atoms with Crippen molar-refractivity contribution in [2.75, 3.05) is 0 Å². The molecule has 0 saturated heterocycles. The van der Waals surface area contributed by atoms with Gasteiger partial charge in [0.1, 0.15) is 0 Å². The van der Waals surface area contributed by atoms with Crippen LogP contribution in [0.1, 0.15) is 44.9 Å². The minimum Gasteiger partial charge on any atom is -0.107 e. The lowest BCUT2D eigenvalue weighted by atomic mass is 9.37. The first-order chi connectivity index (χ1) is 5.45. The number of halogens is 2. The fourth-order valence-corrected chi connectivity index (χ4v) is 3.22. The van der Waals surface area contributed by atoms with Crippen LogP contribution in [0.3, 0.4) is 0 Å². The van der Waals surface area contributed by atoms with E-state index in [1.165, 1.54) is 49.4 Å². The van der Waals surface area contributed by atoms with E-state index in [1.807, 2.05) is 0 Å². The quantitative estimate of drug-likeness (QED) is 0.522. The summed E-state index contributed by atoms with van der Waals surface area (Å²) in [5.41, 5.74) is 0. The molecule has 0 radical (unpaired) electrons. The van der Waals surface area contributed by atoms with E-state index in [2.05, 4.69) is 0 Å². The van der Waals surface area contributed by atoms with Gasteiger partial charge in [-0.3, -0.25) is 0 Å². The van der Waals surface area contributed by atoms with Crippen molar-refractivity contribution >= 4 is 48.0 Å². The summed E-state index contributed by atoms with van der Waals surface area (Å²) in [4.78, 5) is 0. The first-order valence-electron chi connectivity index (χ1n) is 5.45. The van der Waals surface area contributed by atoms with Crippen LogP contribution < -0.4 is 0 Å². The molecule has 0 atom stereocenters. The molecule has 13 heavy (non-hydrogen) atoms. The second kappa shape index (κ2) is 4.99. The molecule has 2 heteroatoms. The van der Waals surface area contributed by atoms with Crippen LogP contribution in [0.15, 0.2) is 0 Å². The summed E-state index contributed by atoms with van der Waals surface area (Å²) in [5, 5.41) is 0. The van der Waals surface area contributed by atoms with Crippen LogP contribution in [0.2, 0.25) is 0 Å². The molecule has 0 nitrogen and oxygen atoms in total. The Balaban J connectivity index is 0.000000126. The third-order valence-electron chi connectivity index (χ3n) is 4.45. The van der Waals surface area contributed by atoms with Crippen molar-refractivity contribution in [1.82, 2.24) is 0 Å². The van der Waals surface area contributed by atoms with Gasteiger partial charge in [0.25, 0.3) is 0 Å². The third kappa shape index (κ3) is 2.04. The van der Waals surface area contributed by atoms with Crippen LogP contribution in [-0.2, 0) is 0 Å². The smallest absolute Gasteiger partial charge is 0.0328 e. The van der Waals surface area contributed by atoms with E-state index in [1.54, 1.807) is 19.3 Å². The maximum absolute atomic E-state index is 1.61. The van der Waals surface area contributed by atoms with Crippen molar-refractivity contribution in [2.24, 2.45) is 23.7 Å². The maximum Gasteiger partial charge on any atom is -0.0328 e. The summed E-state index contributed by atoms with van der Waals surface area (Å²) in [6.45, 7) is 0. The molecule has 78 valence electrons. The molecule has 0 amide bonds. The average Bonchev–Trinajstić information content (AvgIpc) is 1.83. The SMILES string of the molecule is C1C2CC3CC1C23.C1CCC1.I.I. The van der Waals surface area contributed by atoms with Crippen molar-refractivity contribution in [3.8, 4) is 0 Å². The van der Waals surface area contributed by atoms with Gasteiger partial charge in [0.15, 0.2) is 0 Å². The third-order valence-corrected chi connectivity index (χ3v) is 4.45. The molecule has 4 aliphatic carbocycles. The van der Waals surface area contributed by atoms with Gasteiger partial charge in [0.2, 0.25) is 0 Å². The standard InChI is InChI=1S/C7H10.C4H8.2HI/c1-4-2-6-3-5(1)7(4)6;1-2-4-3-1;;/h4-7H,1-3H2;1-4H2;2*1H. The Labute approximate surface area is 116 Å². The van der Waals surface area contributed by atoms with Gasteiger partial charge in [-0.1, -0.05) is 25.7 Å². The predicted octanol–water partition coefficient (Wildman–Crippen LogP) is 4.46. The number of rotatable bonds is 0. The van der Waals surface area contributed by atoms with Gasteiger partial charge < -0.3 is 0 Å². The zero-order chi connectivity index (χ0) is 7.26. The van der Waals surface area contributed by atoms with E-state index in [-0.39, 0.29) is 48.0 Å². The van der Waals surface area contributed by atoms with Gasteiger partial charge in [0.05, 0.1) is 0 Å². The first kappa shape index (κ1) is 12.5. The van der Waals surface area contributed by atoms with Gasteiger partial charge >= 0.3 is 0 Å². The van der Waals surface area contributed by atoms with Gasteiger partial charge in [-0.05, 0) is 42.9 Å². The molecule has 0 N–H and O–H groups in total. The topological polar surface area (TPSA) is 0 Å². The molecule has 0 heterocycles. The maximum atomic E-state index is 1.61. The van der Waals surface area contributed by atoms with Gasteiger partial charge in [-0.25, -0.2) is 0 Å². The molecule has 0 aliphatic heterocycles. The van der Waals surface area contributed by atoms with Crippen molar-refractivity contribution < 1.29 is 0 Å². The lowest BCUT2D eigenvalue weighted by Gasteiger charge is -2.68.